The molecule has 5 nitrogen and oxygen atoms in total. The highest BCUT2D eigenvalue weighted by molar-refractivity contribution is 5.42. The summed E-state index contributed by atoms with van der Waals surface area (Å²) in [5, 5.41) is 0. The summed E-state index contributed by atoms with van der Waals surface area (Å²) in [7, 11) is 0. The Labute approximate surface area is 115 Å². The highest BCUT2D eigenvalue weighted by Gasteiger charge is 2.23. The molecule has 0 bridgehead atoms. The van der Waals surface area contributed by atoms with Crippen LogP contribution in [0.5, 0.6) is 0 Å². The first-order valence-corrected chi connectivity index (χ1v) is 7.23. The van der Waals surface area contributed by atoms with E-state index in [-0.39, 0.29) is 0 Å². The number of aromatic nitrogens is 2. The highest BCUT2D eigenvalue weighted by Crippen LogP contribution is 2.18. The fourth-order valence-corrected chi connectivity index (χ4v) is 2.85. The molecule has 1 aromatic heterocycles. The number of nitrogens with zero attached hydrogens (tertiary/aromatic N) is 4. The van der Waals surface area contributed by atoms with Crippen molar-refractivity contribution in [3.05, 3.63) is 18.1 Å². The van der Waals surface area contributed by atoms with Crippen molar-refractivity contribution in [1.82, 2.24) is 14.9 Å². The predicted molar refractivity (Wildman–Crippen MR) is 78.3 cm³/mol. The molecule has 0 spiro atoms. The smallest absolute Gasteiger partial charge is 0.150 e. The molecule has 5 heteroatoms. The summed E-state index contributed by atoms with van der Waals surface area (Å²) in [4.78, 5) is 13.7. The van der Waals surface area contributed by atoms with E-state index in [4.69, 9.17) is 5.73 Å². The van der Waals surface area contributed by atoms with Gasteiger partial charge < -0.3 is 10.6 Å². The number of anilines is 1. The Kier molecular flexibility index (Phi) is 5.10. The molecule has 0 amide bonds. The molecule has 0 aliphatic carbocycles. The average Bonchev–Trinajstić information content (AvgIpc) is 2.46. The number of piperazine rings is 1. The maximum absolute atomic E-state index is 5.69. The van der Waals surface area contributed by atoms with Gasteiger partial charge >= 0.3 is 0 Å². The molecule has 0 saturated carbocycles. The van der Waals surface area contributed by atoms with Crippen LogP contribution in [-0.4, -0.2) is 53.6 Å². The van der Waals surface area contributed by atoms with Gasteiger partial charge in [-0.05, 0) is 26.3 Å². The Hall–Kier alpha value is -1.20. The third-order valence-electron chi connectivity index (χ3n) is 3.96. The van der Waals surface area contributed by atoms with Gasteiger partial charge in [0, 0.05) is 44.6 Å². The molecule has 0 radical (unpaired) electrons. The average molecular weight is 263 g/mol. The van der Waals surface area contributed by atoms with Crippen molar-refractivity contribution >= 4 is 5.82 Å². The second-order valence-corrected chi connectivity index (χ2v) is 5.13. The molecule has 1 aliphatic heterocycles. The quantitative estimate of drug-likeness (QED) is 0.860. The Morgan fingerprint density at radius 2 is 1.89 bits per heavy atom. The van der Waals surface area contributed by atoms with Crippen LogP contribution in [0.15, 0.2) is 12.4 Å². The molecule has 2 rings (SSSR count). The van der Waals surface area contributed by atoms with Crippen LogP contribution in [-0.2, 0) is 0 Å². The van der Waals surface area contributed by atoms with E-state index in [9.17, 15) is 0 Å². The van der Waals surface area contributed by atoms with Crippen LogP contribution in [0.2, 0.25) is 0 Å². The molecule has 2 heterocycles. The lowest BCUT2D eigenvalue weighted by molar-refractivity contribution is 0.173. The Morgan fingerprint density at radius 1 is 1.21 bits per heavy atom. The number of aryl methyl sites for hydroxylation is 1. The number of hydrogen-bond acceptors (Lipinski definition) is 5. The second kappa shape index (κ2) is 6.82. The zero-order chi connectivity index (χ0) is 13.7. The summed E-state index contributed by atoms with van der Waals surface area (Å²) in [5.74, 6) is 1.04. The maximum Gasteiger partial charge on any atom is 0.150 e. The van der Waals surface area contributed by atoms with Gasteiger partial charge in [-0.15, -0.1) is 0 Å². The van der Waals surface area contributed by atoms with Gasteiger partial charge in [-0.2, -0.15) is 0 Å². The van der Waals surface area contributed by atoms with Crippen LogP contribution in [0.1, 0.15) is 25.5 Å². The Bertz CT molecular complexity index is 387. The van der Waals surface area contributed by atoms with Gasteiger partial charge in [0.2, 0.25) is 0 Å². The lowest BCUT2D eigenvalue weighted by Crippen LogP contribution is -2.51. The highest BCUT2D eigenvalue weighted by atomic mass is 15.3. The van der Waals surface area contributed by atoms with Crippen LogP contribution in [0, 0.1) is 6.92 Å². The van der Waals surface area contributed by atoms with Crippen LogP contribution in [0.25, 0.3) is 0 Å². The van der Waals surface area contributed by atoms with Gasteiger partial charge in [-0.25, -0.2) is 4.98 Å². The largest absolute Gasteiger partial charge is 0.353 e. The van der Waals surface area contributed by atoms with Crippen molar-refractivity contribution in [2.75, 3.05) is 37.6 Å². The predicted octanol–water partition coefficient (Wildman–Crippen LogP) is 1.03. The molecule has 1 atom stereocenters. The van der Waals surface area contributed by atoms with Gasteiger partial charge in [0.1, 0.15) is 5.82 Å². The molecule has 1 aliphatic rings. The minimum absolute atomic E-state index is 0.634. The molecular formula is C14H25N5. The van der Waals surface area contributed by atoms with Gasteiger partial charge in [-0.1, -0.05) is 6.92 Å². The lowest BCUT2D eigenvalue weighted by Gasteiger charge is -2.39. The molecule has 19 heavy (non-hydrogen) atoms. The van der Waals surface area contributed by atoms with Crippen LogP contribution < -0.4 is 10.6 Å². The van der Waals surface area contributed by atoms with Crippen molar-refractivity contribution in [3.8, 4) is 0 Å². The summed E-state index contributed by atoms with van der Waals surface area (Å²) in [6.45, 7) is 9.30. The first-order chi connectivity index (χ1) is 9.26. The molecule has 0 aromatic carbocycles. The molecule has 106 valence electrons. The van der Waals surface area contributed by atoms with Crippen LogP contribution in [0.4, 0.5) is 5.82 Å². The van der Waals surface area contributed by atoms with E-state index in [2.05, 4.69) is 26.7 Å². The van der Waals surface area contributed by atoms with Gasteiger partial charge in [0.05, 0.1) is 5.69 Å². The number of nitrogens with two attached hydrogens (primary N) is 1. The van der Waals surface area contributed by atoms with Gasteiger partial charge in [-0.3, -0.25) is 9.88 Å². The van der Waals surface area contributed by atoms with E-state index in [0.29, 0.717) is 6.04 Å². The molecule has 1 fully saturated rings. The zero-order valence-electron chi connectivity index (χ0n) is 12.0. The van der Waals surface area contributed by atoms with E-state index >= 15 is 0 Å². The first-order valence-electron chi connectivity index (χ1n) is 7.23. The molecular weight excluding hydrogens is 238 g/mol. The van der Waals surface area contributed by atoms with Gasteiger partial charge in [0.15, 0.2) is 0 Å². The lowest BCUT2D eigenvalue weighted by atomic mass is 10.1. The monoisotopic (exact) mass is 263 g/mol. The summed E-state index contributed by atoms with van der Waals surface area (Å²) in [5.41, 5.74) is 6.71. The number of rotatable bonds is 5. The minimum atomic E-state index is 0.634. The number of hydrogen-bond donors (Lipinski definition) is 1. The van der Waals surface area contributed by atoms with E-state index in [1.54, 1.807) is 12.4 Å². The van der Waals surface area contributed by atoms with Crippen LogP contribution in [0.3, 0.4) is 0 Å². The van der Waals surface area contributed by atoms with Gasteiger partial charge in [0.25, 0.3) is 0 Å². The topological polar surface area (TPSA) is 58.3 Å². The van der Waals surface area contributed by atoms with Crippen LogP contribution >= 0.6 is 0 Å². The van der Waals surface area contributed by atoms with Crippen molar-refractivity contribution in [2.24, 2.45) is 5.73 Å². The van der Waals surface area contributed by atoms with E-state index in [1.807, 2.05) is 6.92 Å². The third-order valence-corrected chi connectivity index (χ3v) is 3.96. The van der Waals surface area contributed by atoms with Crippen molar-refractivity contribution in [2.45, 2.75) is 32.7 Å². The zero-order valence-corrected chi connectivity index (χ0v) is 12.0. The standard InChI is InChI=1S/C14H25N5/c1-3-13(4-5-15)18-8-10-19(11-9-18)14-12(2)16-6-7-17-14/h6-7,13H,3-5,8-11,15H2,1-2H3. The van der Waals surface area contributed by atoms with E-state index in [0.717, 1.165) is 50.7 Å². The van der Waals surface area contributed by atoms with Crippen molar-refractivity contribution in [1.29, 1.82) is 0 Å². The molecule has 1 aromatic rings. The van der Waals surface area contributed by atoms with Crippen molar-refractivity contribution in [3.63, 3.8) is 0 Å². The Morgan fingerprint density at radius 3 is 2.47 bits per heavy atom. The minimum Gasteiger partial charge on any atom is -0.353 e. The molecule has 1 saturated heterocycles. The molecule has 1 unspecified atom stereocenters. The summed E-state index contributed by atoms with van der Waals surface area (Å²) in [6, 6.07) is 0.634. The third kappa shape index (κ3) is 3.42. The first kappa shape index (κ1) is 14.2. The molecule has 2 N–H and O–H groups in total. The summed E-state index contributed by atoms with van der Waals surface area (Å²) >= 11 is 0. The summed E-state index contributed by atoms with van der Waals surface area (Å²) in [6.07, 6.45) is 5.81. The normalized spacial score (nSPS) is 18.6. The van der Waals surface area contributed by atoms with Crippen molar-refractivity contribution < 1.29 is 0 Å². The SMILES string of the molecule is CCC(CCN)N1CCN(c2nccnc2C)CC1. The Balaban J connectivity index is 1.94. The fourth-order valence-electron chi connectivity index (χ4n) is 2.85. The second-order valence-electron chi connectivity index (χ2n) is 5.13. The maximum atomic E-state index is 5.69. The summed E-state index contributed by atoms with van der Waals surface area (Å²) < 4.78 is 0. The van der Waals surface area contributed by atoms with E-state index < -0.39 is 0 Å². The van der Waals surface area contributed by atoms with E-state index in [1.165, 1.54) is 6.42 Å². The fraction of sp³-hybridized carbons (Fsp3) is 0.714.